The Balaban J connectivity index is 3.36. The van der Waals surface area contributed by atoms with E-state index in [1.54, 1.807) is 20.8 Å². The van der Waals surface area contributed by atoms with E-state index in [4.69, 9.17) is 4.74 Å². The van der Waals surface area contributed by atoms with Crippen molar-refractivity contribution in [3.8, 4) is 5.75 Å². The van der Waals surface area contributed by atoms with E-state index in [1.807, 2.05) is 0 Å². The van der Waals surface area contributed by atoms with Crippen LogP contribution in [-0.4, -0.2) is 5.60 Å². The molecule has 94 valence electrons. The van der Waals surface area contributed by atoms with Crippen molar-refractivity contribution in [1.29, 1.82) is 0 Å². The fourth-order valence-electron chi connectivity index (χ4n) is 1.38. The molecule has 0 bridgehead atoms. The van der Waals surface area contributed by atoms with E-state index in [0.717, 1.165) is 6.07 Å². The molecular formula is C13H15F3O. The Kier molecular flexibility index (Phi) is 3.55. The Hall–Kier alpha value is -1.45. The van der Waals surface area contributed by atoms with Gasteiger partial charge in [0, 0.05) is 5.56 Å². The Bertz CT molecular complexity index is 459. The average molecular weight is 244 g/mol. The molecule has 0 unspecified atom stereocenters. The lowest BCUT2D eigenvalue weighted by Gasteiger charge is -2.23. The molecule has 0 N–H and O–H groups in total. The topological polar surface area (TPSA) is 9.23 Å². The molecule has 1 nitrogen and oxygen atoms in total. The minimum Gasteiger partial charge on any atom is -0.482 e. The Morgan fingerprint density at radius 3 is 2.24 bits per heavy atom. The van der Waals surface area contributed by atoms with Crippen molar-refractivity contribution in [2.45, 2.75) is 33.3 Å². The highest BCUT2D eigenvalue weighted by Gasteiger charge is 2.23. The van der Waals surface area contributed by atoms with Gasteiger partial charge in [0.2, 0.25) is 0 Å². The standard InChI is InChI=1S/C13H15F3O/c1-7-9(8(2)14)6-10(15)12(11(7)16)17-13(3,4)5/h6H,2H2,1,3-5H3. The van der Waals surface area contributed by atoms with Crippen LogP contribution in [0.4, 0.5) is 13.2 Å². The molecule has 0 aliphatic carbocycles. The second kappa shape index (κ2) is 4.43. The molecule has 0 atom stereocenters. The van der Waals surface area contributed by atoms with Crippen LogP contribution in [-0.2, 0) is 0 Å². The predicted molar refractivity (Wildman–Crippen MR) is 61.6 cm³/mol. The van der Waals surface area contributed by atoms with E-state index in [0.29, 0.717) is 0 Å². The number of rotatable bonds is 2. The summed E-state index contributed by atoms with van der Waals surface area (Å²) in [6, 6.07) is 0.891. The largest absolute Gasteiger partial charge is 0.482 e. The van der Waals surface area contributed by atoms with Gasteiger partial charge in [-0.05, 0) is 39.3 Å². The number of benzene rings is 1. The van der Waals surface area contributed by atoms with Crippen molar-refractivity contribution in [2.75, 3.05) is 0 Å². The van der Waals surface area contributed by atoms with Gasteiger partial charge >= 0.3 is 0 Å². The summed E-state index contributed by atoms with van der Waals surface area (Å²) in [5.74, 6) is -3.19. The normalized spacial score (nSPS) is 11.5. The van der Waals surface area contributed by atoms with Gasteiger partial charge in [-0.25, -0.2) is 13.2 Å². The lowest BCUT2D eigenvalue weighted by molar-refractivity contribution is 0.117. The van der Waals surface area contributed by atoms with Crippen molar-refractivity contribution in [2.24, 2.45) is 0 Å². The molecule has 17 heavy (non-hydrogen) atoms. The van der Waals surface area contributed by atoms with Crippen molar-refractivity contribution >= 4 is 5.83 Å². The molecule has 0 saturated heterocycles. The van der Waals surface area contributed by atoms with Crippen LogP contribution < -0.4 is 4.74 Å². The van der Waals surface area contributed by atoms with Gasteiger partial charge in [-0.3, -0.25) is 0 Å². The number of hydrogen-bond donors (Lipinski definition) is 0. The maximum Gasteiger partial charge on any atom is 0.191 e. The van der Waals surface area contributed by atoms with Crippen molar-refractivity contribution in [3.63, 3.8) is 0 Å². The van der Waals surface area contributed by atoms with E-state index < -0.39 is 28.8 Å². The third-order valence-electron chi connectivity index (χ3n) is 2.12. The first-order valence-corrected chi connectivity index (χ1v) is 5.16. The molecular weight excluding hydrogens is 229 g/mol. The van der Waals surface area contributed by atoms with Gasteiger partial charge in [0.1, 0.15) is 11.4 Å². The zero-order valence-electron chi connectivity index (χ0n) is 10.3. The fourth-order valence-corrected chi connectivity index (χ4v) is 1.38. The third kappa shape index (κ3) is 3.02. The molecule has 0 spiro atoms. The molecule has 4 heteroatoms. The van der Waals surface area contributed by atoms with Gasteiger partial charge in [0.25, 0.3) is 0 Å². The minimum atomic E-state index is -0.933. The highest BCUT2D eigenvalue weighted by molar-refractivity contribution is 5.62. The van der Waals surface area contributed by atoms with E-state index in [2.05, 4.69) is 6.58 Å². The summed E-state index contributed by atoms with van der Waals surface area (Å²) < 4.78 is 45.6. The summed E-state index contributed by atoms with van der Waals surface area (Å²) in [5.41, 5.74) is -0.929. The van der Waals surface area contributed by atoms with Crippen LogP contribution in [0.3, 0.4) is 0 Å². The van der Waals surface area contributed by atoms with Gasteiger partial charge in [-0.1, -0.05) is 6.58 Å². The van der Waals surface area contributed by atoms with Crippen LogP contribution in [0.1, 0.15) is 31.9 Å². The van der Waals surface area contributed by atoms with Crippen LogP contribution in [0.2, 0.25) is 0 Å². The zero-order chi connectivity index (χ0) is 13.4. The summed E-state index contributed by atoms with van der Waals surface area (Å²) in [5, 5.41) is 0. The number of ether oxygens (including phenoxy) is 1. The molecule has 1 rings (SSSR count). The third-order valence-corrected chi connectivity index (χ3v) is 2.12. The zero-order valence-corrected chi connectivity index (χ0v) is 10.3. The van der Waals surface area contributed by atoms with Crippen molar-refractivity contribution in [1.82, 2.24) is 0 Å². The first-order valence-electron chi connectivity index (χ1n) is 5.16. The van der Waals surface area contributed by atoms with Crippen LogP contribution in [0, 0.1) is 18.6 Å². The Labute approximate surface area is 98.9 Å². The molecule has 0 radical (unpaired) electrons. The highest BCUT2D eigenvalue weighted by atomic mass is 19.1. The Morgan fingerprint density at radius 2 is 1.82 bits per heavy atom. The van der Waals surface area contributed by atoms with Crippen LogP contribution in [0.5, 0.6) is 5.75 Å². The second-order valence-corrected chi connectivity index (χ2v) is 4.79. The summed E-state index contributed by atoms with van der Waals surface area (Å²) in [4.78, 5) is 0. The molecule has 1 aromatic carbocycles. The van der Waals surface area contributed by atoms with Crippen LogP contribution in [0.15, 0.2) is 12.6 Å². The Morgan fingerprint density at radius 1 is 1.29 bits per heavy atom. The second-order valence-electron chi connectivity index (χ2n) is 4.79. The fraction of sp³-hybridized carbons (Fsp3) is 0.385. The maximum absolute atomic E-state index is 13.8. The average Bonchev–Trinajstić information content (AvgIpc) is 2.16. The van der Waals surface area contributed by atoms with Crippen LogP contribution in [0.25, 0.3) is 5.83 Å². The first kappa shape index (κ1) is 13.6. The maximum atomic E-state index is 13.8. The quantitative estimate of drug-likeness (QED) is 0.749. The van der Waals surface area contributed by atoms with Gasteiger partial charge in [-0.15, -0.1) is 0 Å². The molecule has 0 aliphatic heterocycles. The first-order chi connectivity index (χ1) is 7.63. The SMILES string of the molecule is C=C(F)c1cc(F)c(OC(C)(C)C)c(F)c1C. The molecule has 0 saturated carbocycles. The number of hydrogen-bond acceptors (Lipinski definition) is 1. The summed E-state index contributed by atoms with van der Waals surface area (Å²) in [6.45, 7) is 9.39. The molecule has 0 fully saturated rings. The molecule has 0 aliphatic rings. The lowest BCUT2D eigenvalue weighted by atomic mass is 10.1. The van der Waals surface area contributed by atoms with Gasteiger partial charge < -0.3 is 4.74 Å². The van der Waals surface area contributed by atoms with E-state index >= 15 is 0 Å². The van der Waals surface area contributed by atoms with Crippen molar-refractivity contribution in [3.05, 3.63) is 35.4 Å². The van der Waals surface area contributed by atoms with Gasteiger partial charge in [0.15, 0.2) is 17.4 Å². The summed E-state index contributed by atoms with van der Waals surface area (Å²) in [7, 11) is 0. The predicted octanol–water partition coefficient (Wildman–Crippen LogP) is 4.39. The van der Waals surface area contributed by atoms with Gasteiger partial charge in [0.05, 0.1) is 0 Å². The minimum absolute atomic E-state index is 0.0156. The summed E-state index contributed by atoms with van der Waals surface area (Å²) >= 11 is 0. The molecule has 0 aromatic heterocycles. The van der Waals surface area contributed by atoms with E-state index in [9.17, 15) is 13.2 Å². The number of halogens is 3. The molecule has 0 amide bonds. The lowest BCUT2D eigenvalue weighted by Crippen LogP contribution is -2.24. The molecule has 0 heterocycles. The van der Waals surface area contributed by atoms with E-state index in [1.165, 1.54) is 6.92 Å². The monoisotopic (exact) mass is 244 g/mol. The highest BCUT2D eigenvalue weighted by Crippen LogP contribution is 2.32. The molecule has 1 aromatic rings. The van der Waals surface area contributed by atoms with Crippen molar-refractivity contribution < 1.29 is 17.9 Å². The summed E-state index contributed by atoms with van der Waals surface area (Å²) in [6.07, 6.45) is 0. The van der Waals surface area contributed by atoms with Gasteiger partial charge in [-0.2, -0.15) is 0 Å². The smallest absolute Gasteiger partial charge is 0.191 e. The van der Waals surface area contributed by atoms with Crippen LogP contribution >= 0.6 is 0 Å². The van der Waals surface area contributed by atoms with E-state index in [-0.39, 0.29) is 11.1 Å².